The Hall–Kier alpha value is -3.67. The molecule has 0 bridgehead atoms. The molecule has 0 spiro atoms. The van der Waals surface area contributed by atoms with Gasteiger partial charge in [-0.25, -0.2) is 0 Å². The van der Waals surface area contributed by atoms with Crippen LogP contribution >= 0.6 is 0 Å². The van der Waals surface area contributed by atoms with Gasteiger partial charge >= 0.3 is 0 Å². The smallest absolute Gasteiger partial charge is 0.242 e. The lowest BCUT2D eigenvalue weighted by Gasteiger charge is -2.18. The first-order valence-electron chi connectivity index (χ1n) is 10.9. The molecule has 0 unspecified atom stereocenters. The number of primary amides is 1. The fourth-order valence-electron chi connectivity index (χ4n) is 2.89. The Morgan fingerprint density at radius 1 is 0.882 bits per heavy atom. The predicted octanol–water partition coefficient (Wildman–Crippen LogP) is -1.98. The Kier molecular flexibility index (Phi) is 11.5. The van der Waals surface area contributed by atoms with Crippen molar-refractivity contribution in [2.45, 2.75) is 51.7 Å². The highest BCUT2D eigenvalue weighted by atomic mass is 16.3. The van der Waals surface area contributed by atoms with Crippen LogP contribution in [0.4, 0.5) is 0 Å². The first kappa shape index (κ1) is 28.4. The highest BCUT2D eigenvalue weighted by Gasteiger charge is 2.22. The number of phenolic OH excluding ortho intramolecular Hbond substituents is 1. The quantitative estimate of drug-likeness (QED) is 0.170. The molecular formula is C22H34N6O6. The monoisotopic (exact) mass is 478 g/mol. The first-order chi connectivity index (χ1) is 15.9. The molecule has 0 saturated carbocycles. The maximum Gasteiger partial charge on any atom is 0.242 e. The average molecular weight is 479 g/mol. The number of hydrogen-bond donors (Lipinski definition) is 7. The molecule has 3 atom stereocenters. The fraction of sp³-hybridized carbons (Fsp3) is 0.500. The van der Waals surface area contributed by atoms with Gasteiger partial charge in [0, 0.05) is 0 Å². The third-order valence-electron chi connectivity index (χ3n) is 4.74. The van der Waals surface area contributed by atoms with Gasteiger partial charge in [0.2, 0.25) is 29.5 Å². The van der Waals surface area contributed by atoms with Gasteiger partial charge in [-0.2, -0.15) is 0 Å². The number of rotatable bonds is 13. The molecule has 12 nitrogen and oxygen atoms in total. The molecule has 1 rings (SSSR count). The number of nitrogens with one attached hydrogen (secondary N) is 4. The minimum absolute atomic E-state index is 0.0951. The molecule has 12 heteroatoms. The Bertz CT molecular complexity index is 873. The summed E-state index contributed by atoms with van der Waals surface area (Å²) in [5, 5.41) is 18.9. The van der Waals surface area contributed by atoms with Crippen LogP contribution < -0.4 is 32.7 Å². The third kappa shape index (κ3) is 10.8. The lowest BCUT2D eigenvalue weighted by molar-refractivity contribution is -0.131. The molecule has 1 aromatic rings. The zero-order valence-corrected chi connectivity index (χ0v) is 19.6. The van der Waals surface area contributed by atoms with Gasteiger partial charge in [0.25, 0.3) is 0 Å². The minimum Gasteiger partial charge on any atom is -0.508 e. The van der Waals surface area contributed by atoms with Crippen LogP contribution in [0, 0.1) is 5.92 Å². The molecule has 5 amide bonds. The largest absolute Gasteiger partial charge is 0.508 e. The van der Waals surface area contributed by atoms with Crippen LogP contribution in [-0.2, 0) is 30.4 Å². The molecule has 34 heavy (non-hydrogen) atoms. The summed E-state index contributed by atoms with van der Waals surface area (Å²) < 4.78 is 0. The highest BCUT2D eigenvalue weighted by Crippen LogP contribution is 2.11. The summed E-state index contributed by atoms with van der Waals surface area (Å²) in [5.74, 6) is -2.83. The SMILES string of the molecule is CC(C)C[C@@H](NC(=O)CNC(=O)CNC(=O)[C@@H](C)NC(=O)[C@@H](N)Cc1ccc(O)cc1)C(N)=O. The normalized spacial score (nSPS) is 13.3. The van der Waals surface area contributed by atoms with Gasteiger partial charge in [-0.15, -0.1) is 0 Å². The van der Waals surface area contributed by atoms with Crippen molar-refractivity contribution in [3.05, 3.63) is 29.8 Å². The number of carbonyl (C=O) groups is 5. The van der Waals surface area contributed by atoms with Gasteiger partial charge < -0.3 is 37.8 Å². The van der Waals surface area contributed by atoms with Gasteiger partial charge in [-0.3, -0.25) is 24.0 Å². The molecule has 0 aliphatic carbocycles. The second-order valence-electron chi connectivity index (χ2n) is 8.35. The summed E-state index contributed by atoms with van der Waals surface area (Å²) in [7, 11) is 0. The summed E-state index contributed by atoms with van der Waals surface area (Å²) >= 11 is 0. The van der Waals surface area contributed by atoms with E-state index in [-0.39, 0.29) is 18.1 Å². The number of phenols is 1. The Morgan fingerprint density at radius 3 is 2.03 bits per heavy atom. The third-order valence-corrected chi connectivity index (χ3v) is 4.74. The second kappa shape index (κ2) is 13.8. The standard InChI is InChI=1S/C22H34N6O6/c1-12(2)8-17(20(24)32)28-19(31)11-25-18(30)10-26-21(33)13(3)27-22(34)16(23)9-14-4-6-15(29)7-5-14/h4-7,12-13,16-17,29H,8-11,23H2,1-3H3,(H2,24,32)(H,25,30)(H,26,33)(H,27,34)(H,28,31)/t13-,16+,17-/m1/s1. The molecule has 188 valence electrons. The maximum atomic E-state index is 12.2. The first-order valence-corrected chi connectivity index (χ1v) is 10.9. The van der Waals surface area contributed by atoms with E-state index < -0.39 is 60.8 Å². The van der Waals surface area contributed by atoms with E-state index in [1.54, 1.807) is 12.1 Å². The van der Waals surface area contributed by atoms with Crippen molar-refractivity contribution in [1.82, 2.24) is 21.3 Å². The lowest BCUT2D eigenvalue weighted by Crippen LogP contribution is -2.52. The molecule has 0 aromatic heterocycles. The van der Waals surface area contributed by atoms with E-state index in [1.165, 1.54) is 19.1 Å². The van der Waals surface area contributed by atoms with Gasteiger partial charge in [-0.05, 0) is 43.4 Å². The number of aromatic hydroxyl groups is 1. The molecule has 9 N–H and O–H groups in total. The number of amides is 5. The maximum absolute atomic E-state index is 12.2. The van der Waals surface area contributed by atoms with Gasteiger partial charge in [0.1, 0.15) is 17.8 Å². The van der Waals surface area contributed by atoms with E-state index in [1.807, 2.05) is 13.8 Å². The van der Waals surface area contributed by atoms with Gasteiger partial charge in [0.15, 0.2) is 0 Å². The molecule has 0 aliphatic heterocycles. The van der Waals surface area contributed by atoms with E-state index in [0.29, 0.717) is 6.42 Å². The highest BCUT2D eigenvalue weighted by molar-refractivity contribution is 5.93. The van der Waals surface area contributed by atoms with E-state index in [4.69, 9.17) is 11.5 Å². The topological polar surface area (TPSA) is 206 Å². The van der Waals surface area contributed by atoms with E-state index >= 15 is 0 Å². The lowest BCUT2D eigenvalue weighted by atomic mass is 10.0. The zero-order valence-electron chi connectivity index (χ0n) is 19.6. The fourth-order valence-corrected chi connectivity index (χ4v) is 2.89. The molecule has 1 aromatic carbocycles. The predicted molar refractivity (Wildman–Crippen MR) is 124 cm³/mol. The summed E-state index contributed by atoms with van der Waals surface area (Å²) in [6.07, 6.45) is 0.575. The Labute approximate surface area is 198 Å². The molecule has 0 fully saturated rings. The van der Waals surface area contributed by atoms with Crippen molar-refractivity contribution in [3.8, 4) is 5.75 Å². The number of benzene rings is 1. The average Bonchev–Trinajstić information content (AvgIpc) is 2.76. The van der Waals surface area contributed by atoms with Crippen molar-refractivity contribution in [2.75, 3.05) is 13.1 Å². The number of hydrogen-bond acceptors (Lipinski definition) is 7. The van der Waals surface area contributed by atoms with Crippen LogP contribution in [0.2, 0.25) is 0 Å². The van der Waals surface area contributed by atoms with E-state index in [2.05, 4.69) is 21.3 Å². The van der Waals surface area contributed by atoms with Gasteiger partial charge in [0.05, 0.1) is 19.1 Å². The molecule has 0 heterocycles. The molecular weight excluding hydrogens is 444 g/mol. The zero-order chi connectivity index (χ0) is 25.8. The molecule has 0 saturated heterocycles. The Morgan fingerprint density at radius 2 is 1.47 bits per heavy atom. The van der Waals surface area contributed by atoms with E-state index in [0.717, 1.165) is 5.56 Å². The minimum atomic E-state index is -0.957. The summed E-state index contributed by atoms with van der Waals surface area (Å²) in [6.45, 7) is 4.37. The van der Waals surface area contributed by atoms with Crippen molar-refractivity contribution in [3.63, 3.8) is 0 Å². The summed E-state index contributed by atoms with van der Waals surface area (Å²) in [5.41, 5.74) is 11.9. The second-order valence-corrected chi connectivity index (χ2v) is 8.35. The van der Waals surface area contributed by atoms with Gasteiger partial charge in [-0.1, -0.05) is 26.0 Å². The van der Waals surface area contributed by atoms with Crippen LogP contribution in [0.3, 0.4) is 0 Å². The van der Waals surface area contributed by atoms with Crippen molar-refractivity contribution in [1.29, 1.82) is 0 Å². The summed E-state index contributed by atoms with van der Waals surface area (Å²) in [6, 6.07) is 3.52. The van der Waals surface area contributed by atoms with Crippen LogP contribution in [0.5, 0.6) is 5.75 Å². The Balaban J connectivity index is 2.37. The van der Waals surface area contributed by atoms with Crippen LogP contribution in [0.1, 0.15) is 32.8 Å². The van der Waals surface area contributed by atoms with Crippen molar-refractivity contribution < 1.29 is 29.1 Å². The number of nitrogens with two attached hydrogens (primary N) is 2. The van der Waals surface area contributed by atoms with Crippen LogP contribution in [-0.4, -0.2) is 65.9 Å². The van der Waals surface area contributed by atoms with Crippen LogP contribution in [0.15, 0.2) is 24.3 Å². The van der Waals surface area contributed by atoms with Crippen molar-refractivity contribution >= 4 is 29.5 Å². The van der Waals surface area contributed by atoms with Crippen LogP contribution in [0.25, 0.3) is 0 Å². The van der Waals surface area contributed by atoms with E-state index in [9.17, 15) is 29.1 Å². The summed E-state index contributed by atoms with van der Waals surface area (Å²) in [4.78, 5) is 59.6. The molecule has 0 radical (unpaired) electrons. The molecule has 0 aliphatic rings. The number of carbonyl (C=O) groups excluding carboxylic acids is 5. The van der Waals surface area contributed by atoms with Crippen molar-refractivity contribution in [2.24, 2.45) is 17.4 Å².